The quantitative estimate of drug-likeness (QED) is 0.181. The van der Waals surface area contributed by atoms with Gasteiger partial charge in [-0.1, -0.05) is 37.3 Å². The van der Waals surface area contributed by atoms with Crippen LogP contribution in [0.5, 0.6) is 5.88 Å². The van der Waals surface area contributed by atoms with Gasteiger partial charge >= 0.3 is 5.97 Å². The highest BCUT2D eigenvalue weighted by Crippen LogP contribution is 2.38. The first kappa shape index (κ1) is 26.1. The minimum Gasteiger partial charge on any atom is -0.475 e. The van der Waals surface area contributed by atoms with Crippen molar-refractivity contribution >= 4 is 28.6 Å². The van der Waals surface area contributed by atoms with E-state index in [2.05, 4.69) is 4.98 Å². The summed E-state index contributed by atoms with van der Waals surface area (Å²) in [5, 5.41) is 0.582. The number of halogens is 3. The van der Waals surface area contributed by atoms with E-state index in [4.69, 9.17) is 26.1 Å². The summed E-state index contributed by atoms with van der Waals surface area (Å²) in [6, 6.07) is 12.6. The molecule has 0 saturated heterocycles. The molecule has 0 aliphatic heterocycles. The number of hydrogen-bond acceptors (Lipinski definition) is 5. The molecule has 2 aromatic carbocycles. The molecule has 0 amide bonds. The first-order valence-electron chi connectivity index (χ1n) is 12.7. The normalized spacial score (nSPS) is 15.3. The van der Waals surface area contributed by atoms with Crippen molar-refractivity contribution in [2.45, 2.75) is 44.6 Å². The number of fused-ring (bicyclic) bond motifs is 1. The van der Waals surface area contributed by atoms with Crippen LogP contribution in [0.3, 0.4) is 0 Å². The third-order valence-electron chi connectivity index (χ3n) is 7.17. The lowest BCUT2D eigenvalue weighted by Crippen LogP contribution is -2.26. The van der Waals surface area contributed by atoms with Gasteiger partial charge in [0.05, 0.1) is 29.7 Å². The Morgan fingerprint density at radius 1 is 1.05 bits per heavy atom. The van der Waals surface area contributed by atoms with Crippen LogP contribution in [0, 0.1) is 17.6 Å². The molecule has 1 aliphatic rings. The van der Waals surface area contributed by atoms with Crippen molar-refractivity contribution in [2.75, 3.05) is 13.7 Å². The van der Waals surface area contributed by atoms with E-state index in [1.807, 2.05) is 16.7 Å². The third kappa shape index (κ3) is 5.50. The van der Waals surface area contributed by atoms with E-state index in [1.54, 1.807) is 24.3 Å². The van der Waals surface area contributed by atoms with Crippen molar-refractivity contribution < 1.29 is 23.0 Å². The van der Waals surface area contributed by atoms with Crippen LogP contribution >= 0.6 is 11.6 Å². The molecule has 4 aromatic rings. The number of imidazole rings is 1. The van der Waals surface area contributed by atoms with Gasteiger partial charge in [0.15, 0.2) is 11.6 Å². The van der Waals surface area contributed by atoms with Gasteiger partial charge in [-0.3, -0.25) is 0 Å². The van der Waals surface area contributed by atoms with E-state index in [0.717, 1.165) is 50.2 Å². The zero-order valence-corrected chi connectivity index (χ0v) is 21.8. The number of aromatic nitrogens is 3. The molecule has 1 saturated carbocycles. The Labute approximate surface area is 224 Å². The average molecular weight is 540 g/mol. The molecule has 198 valence electrons. The van der Waals surface area contributed by atoms with Crippen LogP contribution in [-0.2, 0) is 4.74 Å². The summed E-state index contributed by atoms with van der Waals surface area (Å²) in [6.07, 6.45) is 7.85. The van der Waals surface area contributed by atoms with Crippen molar-refractivity contribution in [3.8, 4) is 17.3 Å². The highest BCUT2D eigenvalue weighted by atomic mass is 35.5. The molecule has 5 rings (SSSR count). The van der Waals surface area contributed by atoms with Crippen LogP contribution in [0.1, 0.15) is 54.9 Å². The van der Waals surface area contributed by atoms with Crippen LogP contribution in [0.4, 0.5) is 8.78 Å². The van der Waals surface area contributed by atoms with Gasteiger partial charge in [-0.2, -0.15) is 0 Å². The van der Waals surface area contributed by atoms with E-state index >= 15 is 0 Å². The number of hydrogen-bond donors (Lipinski definition) is 0. The zero-order chi connectivity index (χ0) is 26.6. The predicted molar refractivity (Wildman–Crippen MR) is 141 cm³/mol. The Kier molecular flexibility index (Phi) is 7.88. The molecule has 38 heavy (non-hydrogen) atoms. The summed E-state index contributed by atoms with van der Waals surface area (Å²) in [5.41, 5.74) is 1.97. The van der Waals surface area contributed by atoms with Crippen molar-refractivity contribution in [3.63, 3.8) is 0 Å². The first-order chi connectivity index (χ1) is 18.4. The lowest BCUT2D eigenvalue weighted by Gasteiger charge is -2.29. The van der Waals surface area contributed by atoms with Gasteiger partial charge < -0.3 is 14.0 Å². The van der Waals surface area contributed by atoms with Gasteiger partial charge in [-0.25, -0.2) is 23.5 Å². The lowest BCUT2D eigenvalue weighted by atomic mass is 9.91. The summed E-state index contributed by atoms with van der Waals surface area (Å²) in [6.45, 7) is 0.236. The van der Waals surface area contributed by atoms with Gasteiger partial charge in [0.1, 0.15) is 12.4 Å². The number of nitrogens with zero attached hydrogens (tertiary/aromatic N) is 3. The van der Waals surface area contributed by atoms with E-state index in [9.17, 15) is 13.6 Å². The smallest absolute Gasteiger partial charge is 0.339 e. The van der Waals surface area contributed by atoms with Crippen LogP contribution in [0.25, 0.3) is 22.4 Å². The molecule has 0 N–H and O–H groups in total. The monoisotopic (exact) mass is 539 g/mol. The number of carbonyl (C=O) groups is 1. The molecule has 6 nitrogen and oxygen atoms in total. The number of methoxy groups -OCH3 is 1. The number of pyridine rings is 1. The van der Waals surface area contributed by atoms with E-state index in [1.165, 1.54) is 19.4 Å². The second-order valence-electron chi connectivity index (χ2n) is 9.57. The number of ether oxygens (including phenoxy) is 2. The zero-order valence-electron chi connectivity index (χ0n) is 21.0. The Hall–Kier alpha value is -3.52. The molecular weight excluding hydrogens is 512 g/mol. The fourth-order valence-corrected chi connectivity index (χ4v) is 5.35. The summed E-state index contributed by atoms with van der Waals surface area (Å²) >= 11 is 6.14. The second-order valence-corrected chi connectivity index (χ2v) is 10.0. The maximum Gasteiger partial charge on any atom is 0.339 e. The van der Waals surface area contributed by atoms with Gasteiger partial charge in [0.2, 0.25) is 5.88 Å². The van der Waals surface area contributed by atoms with Gasteiger partial charge in [0, 0.05) is 35.0 Å². The summed E-state index contributed by atoms with van der Waals surface area (Å²) in [7, 11) is 1.31. The summed E-state index contributed by atoms with van der Waals surface area (Å²) in [4.78, 5) is 20.8. The average Bonchev–Trinajstić information content (AvgIpc) is 3.09. The van der Waals surface area contributed by atoms with E-state index in [0.29, 0.717) is 33.3 Å². The van der Waals surface area contributed by atoms with Crippen molar-refractivity contribution in [3.05, 3.63) is 76.9 Å². The van der Waals surface area contributed by atoms with Crippen molar-refractivity contribution in [1.29, 1.82) is 0 Å². The third-order valence-corrected chi connectivity index (χ3v) is 7.42. The van der Waals surface area contributed by atoms with Gasteiger partial charge in [-0.05, 0) is 49.1 Å². The number of benzene rings is 2. The van der Waals surface area contributed by atoms with Crippen LogP contribution in [0.15, 0.2) is 54.7 Å². The molecule has 2 heterocycles. The molecule has 0 bridgehead atoms. The van der Waals surface area contributed by atoms with Crippen molar-refractivity contribution in [2.24, 2.45) is 5.92 Å². The van der Waals surface area contributed by atoms with Gasteiger partial charge in [0.25, 0.3) is 0 Å². The first-order valence-corrected chi connectivity index (χ1v) is 13.1. The Bertz CT molecular complexity index is 1420. The fraction of sp³-hybridized carbons (Fsp3) is 0.345. The van der Waals surface area contributed by atoms with Crippen LogP contribution < -0.4 is 4.74 Å². The number of esters is 1. The summed E-state index contributed by atoms with van der Waals surface area (Å²) in [5.74, 6) is -1.18. The molecule has 1 unspecified atom stereocenters. The molecule has 0 spiro atoms. The fourth-order valence-electron chi connectivity index (χ4n) is 5.22. The topological polar surface area (TPSA) is 66.2 Å². The Morgan fingerprint density at radius 2 is 1.76 bits per heavy atom. The highest BCUT2D eigenvalue weighted by Gasteiger charge is 2.30. The molecule has 1 atom stereocenters. The molecule has 0 radical (unpaired) electrons. The molecule has 2 aromatic heterocycles. The van der Waals surface area contributed by atoms with E-state index in [-0.39, 0.29) is 18.6 Å². The largest absolute Gasteiger partial charge is 0.475 e. The number of rotatable bonds is 7. The second kappa shape index (κ2) is 11.5. The Balaban J connectivity index is 1.59. The van der Waals surface area contributed by atoms with Gasteiger partial charge in [-0.15, -0.1) is 0 Å². The molecule has 9 heteroatoms. The van der Waals surface area contributed by atoms with Crippen molar-refractivity contribution in [1.82, 2.24) is 14.5 Å². The molecule has 1 aliphatic carbocycles. The SMILES string of the molecule is COC(=O)c1ccc(OCC(C2CCCCCC2)n2c(-c3ccc(Cl)cc3)nc3cc(F)c(F)cc32)nc1. The maximum atomic E-state index is 14.5. The summed E-state index contributed by atoms with van der Waals surface area (Å²) < 4.78 is 41.7. The van der Waals surface area contributed by atoms with Crippen LogP contribution in [0.2, 0.25) is 5.02 Å². The molecular formula is C29H28ClF2N3O3. The molecule has 1 fully saturated rings. The van der Waals surface area contributed by atoms with E-state index < -0.39 is 17.6 Å². The van der Waals surface area contributed by atoms with Crippen LogP contribution in [-0.4, -0.2) is 34.2 Å². The minimum absolute atomic E-state index is 0.225. The maximum absolute atomic E-state index is 14.5. The predicted octanol–water partition coefficient (Wildman–Crippen LogP) is 7.41. The lowest BCUT2D eigenvalue weighted by molar-refractivity contribution is 0.0600. The minimum atomic E-state index is -0.943. The Morgan fingerprint density at radius 3 is 2.42 bits per heavy atom. The standard InChI is InChI=1S/C29H28ClF2N3O3/c1-37-29(36)20-10-13-27(33-16-20)38-17-26(18-6-4-2-3-5-7-18)35-25-15-23(32)22(31)14-24(25)34-28(35)19-8-11-21(30)12-9-19/h8-16,18,26H,2-7,17H2,1H3. The number of carbonyl (C=O) groups excluding carboxylic acids is 1. The highest BCUT2D eigenvalue weighted by molar-refractivity contribution is 6.30.